The highest BCUT2D eigenvalue weighted by Crippen LogP contribution is 2.50. The lowest BCUT2D eigenvalue weighted by Gasteiger charge is -2.34. The molecule has 2 heteroatoms. The SMILES string of the molecule is C1=CC2c3ccccc3-c3cc(-c4ccc(-c5cc(-c6ccccc6)nc(-c6ccccc6)n5)cc4)ccc3C2C=C1. The van der Waals surface area contributed by atoms with Gasteiger partial charge >= 0.3 is 0 Å². The molecule has 2 atom stereocenters. The Kier molecular flexibility index (Phi) is 5.97. The normalized spacial score (nSPS) is 16.4. The van der Waals surface area contributed by atoms with Crippen LogP contribution in [0.15, 0.2) is 158 Å². The highest BCUT2D eigenvalue weighted by atomic mass is 14.9. The summed E-state index contributed by atoms with van der Waals surface area (Å²) in [5.74, 6) is 1.51. The quantitative estimate of drug-likeness (QED) is 0.224. The van der Waals surface area contributed by atoms with Gasteiger partial charge in [-0.05, 0) is 45.5 Å². The molecule has 1 heterocycles. The molecule has 6 aromatic rings. The van der Waals surface area contributed by atoms with Crippen LogP contribution < -0.4 is 0 Å². The minimum Gasteiger partial charge on any atom is -0.228 e. The molecule has 0 spiro atoms. The van der Waals surface area contributed by atoms with Crippen LogP contribution in [0.2, 0.25) is 0 Å². The molecule has 1 aromatic heterocycles. The number of fused-ring (bicyclic) bond motifs is 6. The van der Waals surface area contributed by atoms with Crippen LogP contribution in [0, 0.1) is 0 Å². The smallest absolute Gasteiger partial charge is 0.160 e. The summed E-state index contributed by atoms with van der Waals surface area (Å²) in [4.78, 5) is 9.93. The van der Waals surface area contributed by atoms with Crippen LogP contribution in [0.4, 0.5) is 0 Å². The van der Waals surface area contributed by atoms with Crippen LogP contribution in [0.3, 0.4) is 0 Å². The molecule has 0 bridgehead atoms. The Balaban J connectivity index is 1.18. The molecular formula is C40H28N2. The number of nitrogens with zero attached hydrogens (tertiary/aromatic N) is 2. The zero-order chi connectivity index (χ0) is 27.9. The molecule has 0 amide bonds. The third-order valence-electron chi connectivity index (χ3n) is 8.50. The Hall–Kier alpha value is -5.34. The predicted octanol–water partition coefficient (Wildman–Crippen LogP) is 10.1. The number of rotatable bonds is 4. The largest absolute Gasteiger partial charge is 0.228 e. The van der Waals surface area contributed by atoms with Gasteiger partial charge in [-0.25, -0.2) is 9.97 Å². The van der Waals surface area contributed by atoms with Gasteiger partial charge in [-0.1, -0.05) is 146 Å². The molecule has 0 radical (unpaired) electrons. The summed E-state index contributed by atoms with van der Waals surface area (Å²) in [6.45, 7) is 0. The van der Waals surface area contributed by atoms with E-state index >= 15 is 0 Å². The third kappa shape index (κ3) is 4.29. The molecule has 0 N–H and O–H groups in total. The summed E-state index contributed by atoms with van der Waals surface area (Å²) >= 11 is 0. The first-order valence-electron chi connectivity index (χ1n) is 14.5. The van der Waals surface area contributed by atoms with E-state index in [1.54, 1.807) is 0 Å². The molecular weight excluding hydrogens is 508 g/mol. The van der Waals surface area contributed by atoms with E-state index in [1.165, 1.54) is 33.4 Å². The van der Waals surface area contributed by atoms with Crippen molar-refractivity contribution in [2.24, 2.45) is 0 Å². The van der Waals surface area contributed by atoms with Crippen LogP contribution in [0.5, 0.6) is 0 Å². The van der Waals surface area contributed by atoms with Gasteiger partial charge in [0, 0.05) is 28.5 Å². The minimum absolute atomic E-state index is 0.381. The average Bonchev–Trinajstić information content (AvgIpc) is 3.09. The predicted molar refractivity (Wildman–Crippen MR) is 173 cm³/mol. The van der Waals surface area contributed by atoms with Crippen molar-refractivity contribution in [3.8, 4) is 56.2 Å². The van der Waals surface area contributed by atoms with E-state index in [2.05, 4.69) is 121 Å². The van der Waals surface area contributed by atoms with Crippen molar-refractivity contribution in [3.05, 3.63) is 169 Å². The first-order valence-corrected chi connectivity index (χ1v) is 14.5. The number of hydrogen-bond acceptors (Lipinski definition) is 2. The second kappa shape index (κ2) is 10.2. The van der Waals surface area contributed by atoms with Crippen LogP contribution in [-0.4, -0.2) is 9.97 Å². The Morgan fingerprint density at radius 1 is 0.381 bits per heavy atom. The molecule has 0 saturated heterocycles. The topological polar surface area (TPSA) is 25.8 Å². The summed E-state index contributed by atoms with van der Waals surface area (Å²) in [6.07, 6.45) is 9.06. The van der Waals surface area contributed by atoms with Crippen molar-refractivity contribution in [1.29, 1.82) is 0 Å². The molecule has 2 unspecified atom stereocenters. The Morgan fingerprint density at radius 3 is 1.60 bits per heavy atom. The summed E-state index contributed by atoms with van der Waals surface area (Å²) in [5.41, 5.74) is 12.9. The first-order chi connectivity index (χ1) is 20.8. The van der Waals surface area contributed by atoms with Gasteiger partial charge in [0.25, 0.3) is 0 Å². The highest BCUT2D eigenvalue weighted by Gasteiger charge is 2.31. The first kappa shape index (κ1) is 24.5. The number of allylic oxidation sites excluding steroid dienone is 4. The molecule has 5 aromatic carbocycles. The maximum absolute atomic E-state index is 5.00. The van der Waals surface area contributed by atoms with Crippen LogP contribution in [0.25, 0.3) is 56.2 Å². The number of benzene rings is 5. The standard InChI is InChI=1S/C40H28N2/c1-3-11-28(12-4-1)38-26-39(42-40(41-38)30-13-5-2-6-14-30)29-21-19-27(20-22-29)31-23-24-36-34-17-8-7-15-32(34)33-16-9-10-18-35(33)37(36)25-31/h1-26,32,34H. The third-order valence-corrected chi connectivity index (χ3v) is 8.50. The fraction of sp³-hybridized carbons (Fsp3) is 0.0500. The summed E-state index contributed by atoms with van der Waals surface area (Å²) < 4.78 is 0. The van der Waals surface area contributed by atoms with Gasteiger partial charge in [-0.3, -0.25) is 0 Å². The van der Waals surface area contributed by atoms with Gasteiger partial charge in [-0.2, -0.15) is 0 Å². The fourth-order valence-electron chi connectivity index (χ4n) is 6.40. The highest BCUT2D eigenvalue weighted by molar-refractivity contribution is 5.82. The van der Waals surface area contributed by atoms with E-state index in [0.717, 1.165) is 33.9 Å². The maximum Gasteiger partial charge on any atom is 0.160 e. The average molecular weight is 537 g/mol. The summed E-state index contributed by atoms with van der Waals surface area (Å²) in [6, 6.07) is 47.3. The summed E-state index contributed by atoms with van der Waals surface area (Å²) in [7, 11) is 0. The molecule has 2 nitrogen and oxygen atoms in total. The van der Waals surface area contributed by atoms with Gasteiger partial charge in [-0.15, -0.1) is 0 Å². The lowest BCUT2D eigenvalue weighted by atomic mass is 9.69. The molecule has 0 fully saturated rings. The van der Waals surface area contributed by atoms with E-state index in [4.69, 9.17) is 9.97 Å². The van der Waals surface area contributed by atoms with Gasteiger partial charge in [0.15, 0.2) is 5.82 Å². The van der Waals surface area contributed by atoms with E-state index in [9.17, 15) is 0 Å². The van der Waals surface area contributed by atoms with Gasteiger partial charge in [0.2, 0.25) is 0 Å². The van der Waals surface area contributed by atoms with Crippen LogP contribution in [-0.2, 0) is 0 Å². The number of hydrogen-bond donors (Lipinski definition) is 0. The Labute approximate surface area is 246 Å². The fourth-order valence-corrected chi connectivity index (χ4v) is 6.40. The van der Waals surface area contributed by atoms with E-state index in [1.807, 2.05) is 36.4 Å². The Bertz CT molecular complexity index is 1910. The van der Waals surface area contributed by atoms with E-state index in [0.29, 0.717) is 11.8 Å². The second-order valence-electron chi connectivity index (χ2n) is 11.0. The molecule has 0 aliphatic heterocycles. The molecule has 198 valence electrons. The summed E-state index contributed by atoms with van der Waals surface area (Å²) in [5, 5.41) is 0. The zero-order valence-electron chi connectivity index (χ0n) is 23.1. The van der Waals surface area contributed by atoms with Crippen LogP contribution in [0.1, 0.15) is 23.0 Å². The minimum atomic E-state index is 0.381. The second-order valence-corrected chi connectivity index (χ2v) is 11.0. The Morgan fingerprint density at radius 2 is 0.905 bits per heavy atom. The lowest BCUT2D eigenvalue weighted by Crippen LogP contribution is -2.16. The molecule has 2 aliphatic carbocycles. The van der Waals surface area contributed by atoms with Crippen molar-refractivity contribution in [3.63, 3.8) is 0 Å². The van der Waals surface area contributed by atoms with Gasteiger partial charge in [0.05, 0.1) is 11.4 Å². The van der Waals surface area contributed by atoms with E-state index < -0.39 is 0 Å². The van der Waals surface area contributed by atoms with Crippen molar-refractivity contribution in [2.75, 3.05) is 0 Å². The number of aromatic nitrogens is 2. The zero-order valence-corrected chi connectivity index (χ0v) is 23.1. The maximum atomic E-state index is 5.00. The monoisotopic (exact) mass is 536 g/mol. The molecule has 0 saturated carbocycles. The van der Waals surface area contributed by atoms with Gasteiger partial charge in [0.1, 0.15) is 0 Å². The van der Waals surface area contributed by atoms with Crippen molar-refractivity contribution in [2.45, 2.75) is 11.8 Å². The molecule has 8 rings (SSSR count). The van der Waals surface area contributed by atoms with E-state index in [-0.39, 0.29) is 0 Å². The van der Waals surface area contributed by atoms with Crippen molar-refractivity contribution < 1.29 is 0 Å². The van der Waals surface area contributed by atoms with Gasteiger partial charge < -0.3 is 0 Å². The molecule has 2 aliphatic rings. The van der Waals surface area contributed by atoms with Crippen molar-refractivity contribution >= 4 is 0 Å². The lowest BCUT2D eigenvalue weighted by molar-refractivity contribution is 0.720. The molecule has 42 heavy (non-hydrogen) atoms. The van der Waals surface area contributed by atoms with Crippen LogP contribution >= 0.6 is 0 Å². The van der Waals surface area contributed by atoms with Crippen molar-refractivity contribution in [1.82, 2.24) is 9.97 Å².